The maximum atomic E-state index is 2.24. The van der Waals surface area contributed by atoms with Crippen LogP contribution in [0.25, 0.3) is 16.4 Å². The van der Waals surface area contributed by atoms with Crippen LogP contribution in [0.1, 0.15) is 5.56 Å². The number of aryl methyl sites for hydroxylation is 2. The average Bonchev–Trinajstić information content (AvgIpc) is 2.61. The molecule has 0 unspecified atom stereocenters. The Bertz CT molecular complexity index is 650. The van der Waals surface area contributed by atoms with Gasteiger partial charge in [0.25, 0.3) is 0 Å². The van der Waals surface area contributed by atoms with Crippen molar-refractivity contribution in [3.63, 3.8) is 0 Å². The molecular formula is C13H13N2+. The molecule has 2 heterocycles. The Morgan fingerprint density at radius 1 is 1.07 bits per heavy atom. The summed E-state index contributed by atoms with van der Waals surface area (Å²) < 4.78 is 4.36. The van der Waals surface area contributed by atoms with Gasteiger partial charge in [0.15, 0.2) is 13.2 Å². The highest BCUT2D eigenvalue weighted by molar-refractivity contribution is 5.84. The molecule has 0 fully saturated rings. The lowest BCUT2D eigenvalue weighted by Gasteiger charge is -2.02. The molecule has 0 aliphatic carbocycles. The van der Waals surface area contributed by atoms with Gasteiger partial charge in [0.1, 0.15) is 11.0 Å². The summed E-state index contributed by atoms with van der Waals surface area (Å²) >= 11 is 0. The number of para-hydroxylation sites is 1. The summed E-state index contributed by atoms with van der Waals surface area (Å²) in [5, 5.41) is 1.29. The molecule has 74 valence electrons. The van der Waals surface area contributed by atoms with Crippen LogP contribution < -0.4 is 4.68 Å². The van der Waals surface area contributed by atoms with Crippen molar-refractivity contribution in [1.82, 2.24) is 4.52 Å². The maximum absolute atomic E-state index is 2.24. The van der Waals surface area contributed by atoms with E-state index >= 15 is 0 Å². The van der Waals surface area contributed by atoms with Crippen molar-refractivity contribution in [2.75, 3.05) is 0 Å². The van der Waals surface area contributed by atoms with E-state index in [9.17, 15) is 0 Å². The zero-order valence-corrected chi connectivity index (χ0v) is 8.94. The summed E-state index contributed by atoms with van der Waals surface area (Å²) in [6, 6.07) is 12.9. The van der Waals surface area contributed by atoms with Crippen LogP contribution in [0.5, 0.6) is 0 Å². The second kappa shape index (κ2) is 2.83. The number of aromatic nitrogens is 2. The highest BCUT2D eigenvalue weighted by Gasteiger charge is 2.09. The first-order valence-corrected chi connectivity index (χ1v) is 5.13. The first-order chi connectivity index (χ1) is 7.27. The second-order valence-corrected chi connectivity index (χ2v) is 3.97. The van der Waals surface area contributed by atoms with Crippen molar-refractivity contribution in [1.29, 1.82) is 0 Å². The Morgan fingerprint density at radius 3 is 2.80 bits per heavy atom. The van der Waals surface area contributed by atoms with Crippen LogP contribution in [0.3, 0.4) is 0 Å². The number of nitrogens with zero attached hydrogens (tertiary/aromatic N) is 2. The SMILES string of the molecule is Cc1cccc2ccc3cc[n+](C)n3c12. The molecule has 2 heteroatoms. The molecule has 0 spiro atoms. The molecule has 15 heavy (non-hydrogen) atoms. The lowest BCUT2D eigenvalue weighted by molar-refractivity contribution is -0.735. The van der Waals surface area contributed by atoms with Gasteiger partial charge in [0.05, 0.1) is 0 Å². The van der Waals surface area contributed by atoms with Crippen molar-refractivity contribution >= 4 is 16.4 Å². The summed E-state index contributed by atoms with van der Waals surface area (Å²) in [6.45, 7) is 2.15. The minimum absolute atomic E-state index is 1.24. The van der Waals surface area contributed by atoms with E-state index in [1.54, 1.807) is 0 Å². The molecule has 1 aromatic carbocycles. The van der Waals surface area contributed by atoms with E-state index in [1.165, 1.54) is 22.0 Å². The van der Waals surface area contributed by atoms with Gasteiger partial charge in [0.2, 0.25) is 0 Å². The number of fused-ring (bicyclic) bond motifs is 3. The van der Waals surface area contributed by atoms with Crippen LogP contribution in [-0.2, 0) is 7.05 Å². The van der Waals surface area contributed by atoms with E-state index in [4.69, 9.17) is 0 Å². The summed E-state index contributed by atoms with van der Waals surface area (Å²) in [7, 11) is 2.07. The molecule has 0 saturated heterocycles. The summed E-state index contributed by atoms with van der Waals surface area (Å²) in [5.41, 5.74) is 3.84. The third-order valence-electron chi connectivity index (χ3n) is 2.94. The Kier molecular flexibility index (Phi) is 1.60. The fraction of sp³-hybridized carbons (Fsp3) is 0.154. The smallest absolute Gasteiger partial charge is 0.121 e. The van der Waals surface area contributed by atoms with Gasteiger partial charge in [-0.05, 0) is 18.6 Å². The van der Waals surface area contributed by atoms with Crippen molar-refractivity contribution < 1.29 is 4.68 Å². The van der Waals surface area contributed by atoms with Gasteiger partial charge in [-0.3, -0.25) is 0 Å². The van der Waals surface area contributed by atoms with E-state index in [0.29, 0.717) is 0 Å². The van der Waals surface area contributed by atoms with Crippen LogP contribution in [0.4, 0.5) is 0 Å². The molecule has 0 aliphatic rings. The number of benzene rings is 1. The average molecular weight is 197 g/mol. The minimum Gasteiger partial charge on any atom is -0.121 e. The molecule has 2 nitrogen and oxygen atoms in total. The number of hydrogen-bond donors (Lipinski definition) is 0. The van der Waals surface area contributed by atoms with Gasteiger partial charge in [-0.15, -0.1) is 9.20 Å². The fourth-order valence-corrected chi connectivity index (χ4v) is 2.20. The number of hydrogen-bond acceptors (Lipinski definition) is 0. The van der Waals surface area contributed by atoms with Gasteiger partial charge in [-0.25, -0.2) is 0 Å². The largest absolute Gasteiger partial charge is 0.196 e. The maximum Gasteiger partial charge on any atom is 0.196 e. The van der Waals surface area contributed by atoms with E-state index in [0.717, 1.165) is 0 Å². The van der Waals surface area contributed by atoms with Gasteiger partial charge in [-0.1, -0.05) is 24.3 Å². The van der Waals surface area contributed by atoms with Gasteiger partial charge < -0.3 is 0 Å². The molecule has 2 aromatic heterocycles. The van der Waals surface area contributed by atoms with Crippen molar-refractivity contribution in [3.05, 3.63) is 48.2 Å². The van der Waals surface area contributed by atoms with Crippen molar-refractivity contribution in [2.45, 2.75) is 6.92 Å². The molecule has 0 radical (unpaired) electrons. The molecular weight excluding hydrogens is 184 g/mol. The zero-order chi connectivity index (χ0) is 10.4. The van der Waals surface area contributed by atoms with Gasteiger partial charge in [0, 0.05) is 11.5 Å². The van der Waals surface area contributed by atoms with Gasteiger partial charge >= 0.3 is 0 Å². The van der Waals surface area contributed by atoms with E-state index < -0.39 is 0 Å². The Labute approximate surface area is 88.4 Å². The Balaban J connectivity index is 2.68. The van der Waals surface area contributed by atoms with Crippen LogP contribution in [-0.4, -0.2) is 4.52 Å². The molecule has 0 saturated carbocycles. The molecule has 0 aliphatic heterocycles. The third kappa shape index (κ3) is 1.08. The van der Waals surface area contributed by atoms with Crippen LogP contribution in [0, 0.1) is 6.92 Å². The van der Waals surface area contributed by atoms with E-state index in [2.05, 4.69) is 65.8 Å². The summed E-state index contributed by atoms with van der Waals surface area (Å²) in [6.07, 6.45) is 2.08. The number of pyridine rings is 1. The number of rotatable bonds is 0. The molecule has 0 amide bonds. The molecule has 3 aromatic rings. The first-order valence-electron chi connectivity index (χ1n) is 5.13. The topological polar surface area (TPSA) is 8.29 Å². The van der Waals surface area contributed by atoms with Crippen LogP contribution in [0.2, 0.25) is 0 Å². The predicted octanol–water partition coefficient (Wildman–Crippen LogP) is 2.23. The Morgan fingerprint density at radius 2 is 1.93 bits per heavy atom. The summed E-state index contributed by atoms with van der Waals surface area (Å²) in [4.78, 5) is 0. The van der Waals surface area contributed by atoms with E-state index in [-0.39, 0.29) is 0 Å². The Hall–Kier alpha value is -1.83. The van der Waals surface area contributed by atoms with Gasteiger partial charge in [-0.2, -0.15) is 0 Å². The predicted molar refractivity (Wildman–Crippen MR) is 60.8 cm³/mol. The third-order valence-corrected chi connectivity index (χ3v) is 2.94. The molecule has 0 bridgehead atoms. The lowest BCUT2D eigenvalue weighted by Crippen LogP contribution is -2.33. The normalized spacial score (nSPS) is 11.3. The quantitative estimate of drug-likeness (QED) is 0.488. The zero-order valence-electron chi connectivity index (χ0n) is 8.94. The van der Waals surface area contributed by atoms with Crippen LogP contribution in [0.15, 0.2) is 42.6 Å². The lowest BCUT2D eigenvalue weighted by atomic mass is 10.1. The minimum atomic E-state index is 1.24. The van der Waals surface area contributed by atoms with E-state index in [1.807, 2.05) is 0 Å². The van der Waals surface area contributed by atoms with Crippen LogP contribution >= 0.6 is 0 Å². The fourth-order valence-electron chi connectivity index (χ4n) is 2.20. The summed E-state index contributed by atoms with van der Waals surface area (Å²) in [5.74, 6) is 0. The molecule has 3 rings (SSSR count). The first kappa shape index (κ1) is 8.48. The molecule has 0 N–H and O–H groups in total. The second-order valence-electron chi connectivity index (χ2n) is 3.97. The van der Waals surface area contributed by atoms with Crippen molar-refractivity contribution in [3.8, 4) is 0 Å². The highest BCUT2D eigenvalue weighted by atomic mass is 15.3. The highest BCUT2D eigenvalue weighted by Crippen LogP contribution is 2.18. The standard InChI is InChI=1S/C13H13N2/c1-10-4-3-5-11-6-7-12-8-9-14(2)15(12)13(10)11/h3-9H,1-2H3/q+1. The molecule has 0 atom stereocenters. The monoisotopic (exact) mass is 197 g/mol. The van der Waals surface area contributed by atoms with Crippen molar-refractivity contribution in [2.24, 2.45) is 7.05 Å².